The van der Waals surface area contributed by atoms with E-state index >= 15 is 0 Å². The van der Waals surface area contributed by atoms with Gasteiger partial charge in [-0.05, 0) is 20.1 Å². The lowest BCUT2D eigenvalue weighted by Gasteiger charge is -2.12. The molecule has 1 unspecified atom stereocenters. The fraction of sp³-hybridized carbons (Fsp3) is 0.875. The molecule has 0 aromatic rings. The number of nitrogens with one attached hydrogen (secondary N) is 2. The molecular formula is C8H20N4S. The maximum absolute atomic E-state index is 5.30. The Labute approximate surface area is 84.7 Å². The maximum Gasteiger partial charge on any atom is 0.205 e. The smallest absolute Gasteiger partial charge is 0.205 e. The molecule has 0 saturated carbocycles. The summed E-state index contributed by atoms with van der Waals surface area (Å²) in [5.41, 5.74) is 2.54. The molecule has 4 N–H and O–H groups in total. The summed E-state index contributed by atoms with van der Waals surface area (Å²) < 4.78 is 0. The molecule has 0 bridgehead atoms. The summed E-state index contributed by atoms with van der Waals surface area (Å²) in [6.07, 6.45) is 2.08. The number of aliphatic imine (C=N–C) groups is 1. The van der Waals surface area contributed by atoms with Crippen molar-refractivity contribution in [3.63, 3.8) is 0 Å². The first-order chi connectivity index (χ1) is 6.10. The summed E-state index contributed by atoms with van der Waals surface area (Å²) in [6, 6.07) is 0.347. The second-order valence-electron chi connectivity index (χ2n) is 3.18. The van der Waals surface area contributed by atoms with Crippen LogP contribution in [0.4, 0.5) is 0 Å². The highest BCUT2D eigenvalue weighted by atomic mass is 32.2. The van der Waals surface area contributed by atoms with Gasteiger partial charge in [0.25, 0.3) is 0 Å². The standard InChI is InChI=1S/C8H20N4S/c1-6(2)11-8(12-9)10-5-7(3)13-4/h6-7H,5,9H2,1-4H3,(H2,10,11,12). The number of nitrogens with zero attached hydrogens (tertiary/aromatic N) is 1. The van der Waals surface area contributed by atoms with E-state index in [1.54, 1.807) is 11.8 Å². The molecule has 78 valence electrons. The summed E-state index contributed by atoms with van der Waals surface area (Å²) in [7, 11) is 0. The van der Waals surface area contributed by atoms with Crippen molar-refractivity contribution in [2.45, 2.75) is 32.1 Å². The number of hydrogen-bond acceptors (Lipinski definition) is 3. The topological polar surface area (TPSA) is 62.4 Å². The van der Waals surface area contributed by atoms with Crippen LogP contribution in [0.2, 0.25) is 0 Å². The Morgan fingerprint density at radius 1 is 1.46 bits per heavy atom. The maximum atomic E-state index is 5.30. The van der Waals surface area contributed by atoms with Gasteiger partial charge in [-0.2, -0.15) is 11.8 Å². The number of guanidine groups is 1. The summed E-state index contributed by atoms with van der Waals surface area (Å²) in [4.78, 5) is 4.30. The van der Waals surface area contributed by atoms with E-state index in [1.165, 1.54) is 0 Å². The van der Waals surface area contributed by atoms with E-state index in [2.05, 4.69) is 28.9 Å². The van der Waals surface area contributed by atoms with Gasteiger partial charge in [0, 0.05) is 11.3 Å². The Hall–Kier alpha value is -0.420. The van der Waals surface area contributed by atoms with Crippen molar-refractivity contribution in [3.05, 3.63) is 0 Å². The molecule has 0 fully saturated rings. The molecule has 1 atom stereocenters. The van der Waals surface area contributed by atoms with Crippen LogP contribution in [-0.4, -0.2) is 30.1 Å². The van der Waals surface area contributed by atoms with Gasteiger partial charge in [0.15, 0.2) is 0 Å². The lowest BCUT2D eigenvalue weighted by molar-refractivity contribution is 0.701. The first kappa shape index (κ1) is 12.6. The molecule has 0 amide bonds. The first-order valence-corrected chi connectivity index (χ1v) is 5.69. The molecule has 0 spiro atoms. The zero-order valence-electron chi connectivity index (χ0n) is 8.79. The van der Waals surface area contributed by atoms with Crippen LogP contribution >= 0.6 is 11.8 Å². The second kappa shape index (κ2) is 7.03. The third-order valence-electron chi connectivity index (χ3n) is 1.47. The van der Waals surface area contributed by atoms with E-state index in [0.29, 0.717) is 17.3 Å². The average Bonchev–Trinajstić information content (AvgIpc) is 2.10. The van der Waals surface area contributed by atoms with Gasteiger partial charge in [-0.3, -0.25) is 10.4 Å². The highest BCUT2D eigenvalue weighted by molar-refractivity contribution is 7.99. The van der Waals surface area contributed by atoms with Gasteiger partial charge in [0.2, 0.25) is 5.96 Å². The largest absolute Gasteiger partial charge is 0.353 e. The summed E-state index contributed by atoms with van der Waals surface area (Å²) in [5.74, 6) is 5.96. The van der Waals surface area contributed by atoms with Gasteiger partial charge in [-0.25, -0.2) is 5.84 Å². The normalized spacial score (nSPS) is 14.5. The van der Waals surface area contributed by atoms with Crippen LogP contribution in [0.1, 0.15) is 20.8 Å². The Bertz CT molecular complexity index is 158. The van der Waals surface area contributed by atoms with Crippen LogP contribution < -0.4 is 16.6 Å². The minimum Gasteiger partial charge on any atom is -0.353 e. The third-order valence-corrected chi connectivity index (χ3v) is 2.42. The Morgan fingerprint density at radius 3 is 2.46 bits per heavy atom. The molecule has 13 heavy (non-hydrogen) atoms. The van der Waals surface area contributed by atoms with Gasteiger partial charge < -0.3 is 5.32 Å². The number of rotatable bonds is 4. The van der Waals surface area contributed by atoms with Crippen molar-refractivity contribution < 1.29 is 0 Å². The highest BCUT2D eigenvalue weighted by Crippen LogP contribution is 2.04. The van der Waals surface area contributed by atoms with E-state index < -0.39 is 0 Å². The van der Waals surface area contributed by atoms with E-state index in [-0.39, 0.29) is 0 Å². The molecule has 0 aliphatic heterocycles. The zero-order valence-corrected chi connectivity index (χ0v) is 9.61. The first-order valence-electron chi connectivity index (χ1n) is 4.40. The predicted molar refractivity (Wildman–Crippen MR) is 60.9 cm³/mol. The third kappa shape index (κ3) is 6.72. The lowest BCUT2D eigenvalue weighted by Crippen LogP contribution is -2.44. The predicted octanol–water partition coefficient (Wildman–Crippen LogP) is 0.555. The fourth-order valence-corrected chi connectivity index (χ4v) is 0.924. The minimum atomic E-state index is 0.347. The summed E-state index contributed by atoms with van der Waals surface area (Å²) in [6.45, 7) is 7.01. The van der Waals surface area contributed by atoms with Crippen LogP contribution in [0.15, 0.2) is 4.99 Å². The summed E-state index contributed by atoms with van der Waals surface area (Å²) in [5, 5.41) is 3.64. The molecule has 0 aliphatic rings. The molecule has 0 aliphatic carbocycles. The van der Waals surface area contributed by atoms with Crippen molar-refractivity contribution in [1.29, 1.82) is 0 Å². The van der Waals surface area contributed by atoms with Crippen LogP contribution in [-0.2, 0) is 0 Å². The molecule has 0 aromatic heterocycles. The van der Waals surface area contributed by atoms with E-state index in [1.807, 2.05) is 13.8 Å². The SMILES string of the molecule is CSC(C)CN=C(NN)NC(C)C. The van der Waals surface area contributed by atoms with Crippen LogP contribution in [0.5, 0.6) is 0 Å². The average molecular weight is 204 g/mol. The van der Waals surface area contributed by atoms with E-state index in [4.69, 9.17) is 5.84 Å². The molecular weight excluding hydrogens is 184 g/mol. The Balaban J connectivity index is 3.91. The van der Waals surface area contributed by atoms with Crippen molar-refractivity contribution in [3.8, 4) is 0 Å². The van der Waals surface area contributed by atoms with Crippen molar-refractivity contribution in [2.75, 3.05) is 12.8 Å². The summed E-state index contributed by atoms with van der Waals surface area (Å²) >= 11 is 1.79. The van der Waals surface area contributed by atoms with E-state index in [9.17, 15) is 0 Å². The molecule has 0 radical (unpaired) electrons. The number of nitrogens with two attached hydrogens (primary N) is 1. The fourth-order valence-electron chi connectivity index (χ4n) is 0.701. The van der Waals surface area contributed by atoms with Gasteiger partial charge in [-0.15, -0.1) is 0 Å². The molecule has 0 rings (SSSR count). The van der Waals surface area contributed by atoms with Gasteiger partial charge in [-0.1, -0.05) is 6.92 Å². The van der Waals surface area contributed by atoms with Crippen LogP contribution in [0.25, 0.3) is 0 Å². The number of hydrazine groups is 1. The molecule has 0 heterocycles. The van der Waals surface area contributed by atoms with Crippen molar-refractivity contribution in [1.82, 2.24) is 10.7 Å². The van der Waals surface area contributed by atoms with Crippen molar-refractivity contribution in [2.24, 2.45) is 10.8 Å². The van der Waals surface area contributed by atoms with Crippen LogP contribution in [0.3, 0.4) is 0 Å². The Kier molecular flexibility index (Phi) is 6.80. The molecule has 0 saturated heterocycles. The molecule has 0 aromatic carbocycles. The molecule has 4 nitrogen and oxygen atoms in total. The Morgan fingerprint density at radius 2 is 2.08 bits per heavy atom. The van der Waals surface area contributed by atoms with E-state index in [0.717, 1.165) is 6.54 Å². The number of hydrogen-bond donors (Lipinski definition) is 3. The van der Waals surface area contributed by atoms with Gasteiger partial charge in [0.1, 0.15) is 0 Å². The highest BCUT2D eigenvalue weighted by Gasteiger charge is 2.00. The van der Waals surface area contributed by atoms with Crippen molar-refractivity contribution >= 4 is 17.7 Å². The van der Waals surface area contributed by atoms with Crippen LogP contribution in [0, 0.1) is 0 Å². The second-order valence-corrected chi connectivity index (χ2v) is 4.46. The lowest BCUT2D eigenvalue weighted by atomic mass is 10.4. The minimum absolute atomic E-state index is 0.347. The van der Waals surface area contributed by atoms with Gasteiger partial charge in [0.05, 0.1) is 6.54 Å². The quantitative estimate of drug-likeness (QED) is 0.271. The van der Waals surface area contributed by atoms with Gasteiger partial charge >= 0.3 is 0 Å². The monoisotopic (exact) mass is 204 g/mol. The molecule has 5 heteroatoms. The zero-order chi connectivity index (χ0) is 10.3. The number of thioether (sulfide) groups is 1.